The fourth-order valence-corrected chi connectivity index (χ4v) is 6.43. The second-order valence-corrected chi connectivity index (χ2v) is 12.6. The minimum atomic E-state index is -0.476. The maximum atomic E-state index is 13.9. The third kappa shape index (κ3) is 6.71. The van der Waals surface area contributed by atoms with Crippen molar-refractivity contribution in [3.05, 3.63) is 112 Å². The lowest BCUT2D eigenvalue weighted by Crippen LogP contribution is -2.24. The van der Waals surface area contributed by atoms with E-state index >= 15 is 0 Å². The molecule has 1 unspecified atom stereocenters. The van der Waals surface area contributed by atoms with E-state index in [0.717, 1.165) is 48.8 Å². The van der Waals surface area contributed by atoms with E-state index in [1.54, 1.807) is 13.8 Å². The van der Waals surface area contributed by atoms with Gasteiger partial charge in [0.05, 0.1) is 13.2 Å². The Labute approximate surface area is 250 Å². The molecule has 1 atom stereocenters. The number of carbonyl (C=O) groups excluding carboxylic acids is 3. The lowest BCUT2D eigenvalue weighted by molar-refractivity contribution is -0.135. The van der Waals surface area contributed by atoms with Crippen molar-refractivity contribution < 1.29 is 19.1 Å². The standard InChI is InChI=1S/C38H42O4/c1-24(2)36(39)38(41)35-20-31(23-42-22-29-8-6-5-7-9-29)33-18-26(4)32(21-34(33)35)37(40)30-16-14-28(15-17-30)19-27-12-10-25(3)11-13-27/h5-13,18,20-21,24,28,30-31H,14-17,19,22-23H2,1-4H3. The van der Waals surface area contributed by atoms with Crippen molar-refractivity contribution >= 4 is 22.9 Å². The van der Waals surface area contributed by atoms with E-state index in [0.29, 0.717) is 35.8 Å². The SMILES string of the molecule is Cc1ccc(CC2CCC(C(=O)c3cc4c(cc3C)C(COCc3ccccc3)C=C4C(=O)C(=O)C(C)C)CC2)cc1. The fourth-order valence-electron chi connectivity index (χ4n) is 6.43. The second-order valence-electron chi connectivity index (χ2n) is 12.6. The van der Waals surface area contributed by atoms with Gasteiger partial charge >= 0.3 is 0 Å². The Bertz CT molecular complexity index is 1470. The molecule has 2 aliphatic carbocycles. The molecule has 218 valence electrons. The Morgan fingerprint density at radius 2 is 1.55 bits per heavy atom. The first kappa shape index (κ1) is 29.8. The lowest BCUT2D eigenvalue weighted by Gasteiger charge is -2.28. The summed E-state index contributed by atoms with van der Waals surface area (Å²) in [5.74, 6) is -0.671. The first-order chi connectivity index (χ1) is 20.2. The summed E-state index contributed by atoms with van der Waals surface area (Å²) in [6.07, 6.45) is 6.79. The zero-order valence-corrected chi connectivity index (χ0v) is 25.3. The van der Waals surface area contributed by atoms with Crippen molar-refractivity contribution in [3.8, 4) is 0 Å². The predicted octanol–water partition coefficient (Wildman–Crippen LogP) is 8.03. The van der Waals surface area contributed by atoms with Crippen LogP contribution >= 0.6 is 0 Å². The van der Waals surface area contributed by atoms with Crippen molar-refractivity contribution in [1.82, 2.24) is 0 Å². The number of ketones is 3. The topological polar surface area (TPSA) is 60.4 Å². The summed E-state index contributed by atoms with van der Waals surface area (Å²) >= 11 is 0. The molecule has 0 bridgehead atoms. The van der Waals surface area contributed by atoms with E-state index in [1.165, 1.54) is 11.1 Å². The van der Waals surface area contributed by atoms with Gasteiger partial charge in [0, 0.05) is 28.9 Å². The van der Waals surface area contributed by atoms with Crippen LogP contribution in [0.25, 0.3) is 5.57 Å². The van der Waals surface area contributed by atoms with Crippen molar-refractivity contribution in [1.29, 1.82) is 0 Å². The Kier molecular flexibility index (Phi) is 9.33. The van der Waals surface area contributed by atoms with Gasteiger partial charge < -0.3 is 4.74 Å². The minimum Gasteiger partial charge on any atom is -0.376 e. The molecular formula is C38H42O4. The third-order valence-electron chi connectivity index (χ3n) is 8.98. The van der Waals surface area contributed by atoms with E-state index in [9.17, 15) is 14.4 Å². The molecule has 0 aliphatic heterocycles. The molecular weight excluding hydrogens is 520 g/mol. The van der Waals surface area contributed by atoms with Crippen LogP contribution < -0.4 is 0 Å². The number of rotatable bonds is 11. The molecule has 0 aromatic heterocycles. The van der Waals surface area contributed by atoms with Gasteiger partial charge in [0.25, 0.3) is 0 Å². The molecule has 4 nitrogen and oxygen atoms in total. The highest BCUT2D eigenvalue weighted by molar-refractivity contribution is 6.54. The van der Waals surface area contributed by atoms with Gasteiger partial charge in [-0.25, -0.2) is 0 Å². The van der Waals surface area contributed by atoms with E-state index in [2.05, 4.69) is 31.2 Å². The quantitative estimate of drug-likeness (QED) is 0.175. The van der Waals surface area contributed by atoms with Crippen molar-refractivity contribution in [2.75, 3.05) is 6.61 Å². The highest BCUT2D eigenvalue weighted by Gasteiger charge is 2.34. The van der Waals surface area contributed by atoms with Crippen LogP contribution in [-0.4, -0.2) is 24.0 Å². The summed E-state index contributed by atoms with van der Waals surface area (Å²) in [6.45, 7) is 8.45. The van der Waals surface area contributed by atoms with Gasteiger partial charge in [0.2, 0.25) is 11.6 Å². The number of ether oxygens (including phenoxy) is 1. The molecule has 1 fully saturated rings. The maximum Gasteiger partial charge on any atom is 0.229 e. The average Bonchev–Trinajstić information content (AvgIpc) is 3.34. The number of benzene rings is 3. The molecule has 0 heterocycles. The third-order valence-corrected chi connectivity index (χ3v) is 8.98. The molecule has 3 aromatic carbocycles. The number of hydrogen-bond acceptors (Lipinski definition) is 4. The minimum absolute atomic E-state index is 0.0112. The van der Waals surface area contributed by atoms with E-state index < -0.39 is 17.5 Å². The van der Waals surface area contributed by atoms with Gasteiger partial charge in [-0.1, -0.05) is 86.2 Å². The molecule has 2 aliphatic rings. The van der Waals surface area contributed by atoms with Gasteiger partial charge in [0.15, 0.2) is 5.78 Å². The zero-order chi connectivity index (χ0) is 29.8. The van der Waals surface area contributed by atoms with Crippen LogP contribution in [0.3, 0.4) is 0 Å². The van der Waals surface area contributed by atoms with E-state index in [1.807, 2.05) is 55.5 Å². The molecule has 0 radical (unpaired) electrons. The molecule has 0 amide bonds. The van der Waals surface area contributed by atoms with Crippen molar-refractivity contribution in [3.63, 3.8) is 0 Å². The number of allylic oxidation sites excluding steroid dienone is 1. The monoisotopic (exact) mass is 562 g/mol. The summed E-state index contributed by atoms with van der Waals surface area (Å²) in [7, 11) is 0. The maximum absolute atomic E-state index is 13.9. The van der Waals surface area contributed by atoms with E-state index in [4.69, 9.17) is 4.74 Å². The number of fused-ring (bicyclic) bond motifs is 1. The summed E-state index contributed by atoms with van der Waals surface area (Å²) < 4.78 is 6.06. The second kappa shape index (κ2) is 13.1. The average molecular weight is 563 g/mol. The lowest BCUT2D eigenvalue weighted by atomic mass is 9.76. The van der Waals surface area contributed by atoms with Gasteiger partial charge in [0.1, 0.15) is 0 Å². The van der Waals surface area contributed by atoms with E-state index in [-0.39, 0.29) is 17.6 Å². The molecule has 3 aromatic rings. The van der Waals surface area contributed by atoms with Crippen molar-refractivity contribution in [2.45, 2.75) is 72.3 Å². The highest BCUT2D eigenvalue weighted by atomic mass is 16.5. The van der Waals surface area contributed by atoms with Crippen LogP contribution in [0, 0.1) is 31.6 Å². The van der Waals surface area contributed by atoms with Gasteiger partial charge in [-0.3, -0.25) is 14.4 Å². The van der Waals surface area contributed by atoms with Crippen LogP contribution in [0.2, 0.25) is 0 Å². The van der Waals surface area contributed by atoms with Gasteiger partial charge in [-0.2, -0.15) is 0 Å². The molecule has 0 N–H and O–H groups in total. The largest absolute Gasteiger partial charge is 0.376 e. The Morgan fingerprint density at radius 1 is 0.857 bits per heavy atom. The summed E-state index contributed by atoms with van der Waals surface area (Å²) in [5, 5.41) is 0. The summed E-state index contributed by atoms with van der Waals surface area (Å²) in [5.41, 5.74) is 7.40. The molecule has 42 heavy (non-hydrogen) atoms. The number of hydrogen-bond donors (Lipinski definition) is 0. The number of carbonyl (C=O) groups is 3. The number of aryl methyl sites for hydroxylation is 2. The normalized spacial score (nSPS) is 19.8. The summed E-state index contributed by atoms with van der Waals surface area (Å²) in [4.78, 5) is 39.9. The Hall–Kier alpha value is -3.63. The van der Waals surface area contributed by atoms with Crippen LogP contribution in [0.5, 0.6) is 0 Å². The van der Waals surface area contributed by atoms with Gasteiger partial charge in [-0.05, 0) is 85.8 Å². The number of Topliss-reactive ketones (excluding diaryl/α,β-unsaturated/α-hetero) is 3. The van der Waals surface area contributed by atoms with Gasteiger partial charge in [-0.15, -0.1) is 0 Å². The smallest absolute Gasteiger partial charge is 0.229 e. The molecule has 1 saturated carbocycles. The van der Waals surface area contributed by atoms with Crippen LogP contribution in [0.4, 0.5) is 0 Å². The zero-order valence-electron chi connectivity index (χ0n) is 25.3. The first-order valence-corrected chi connectivity index (χ1v) is 15.4. The molecule has 0 saturated heterocycles. The van der Waals surface area contributed by atoms with Crippen LogP contribution in [0.1, 0.15) is 89.2 Å². The molecule has 5 rings (SSSR count). The van der Waals surface area contributed by atoms with Crippen LogP contribution in [0.15, 0.2) is 72.8 Å². The highest BCUT2D eigenvalue weighted by Crippen LogP contribution is 2.40. The first-order valence-electron chi connectivity index (χ1n) is 15.4. The Balaban J connectivity index is 1.32. The van der Waals surface area contributed by atoms with Crippen LogP contribution in [-0.2, 0) is 27.4 Å². The van der Waals surface area contributed by atoms with Crippen molar-refractivity contribution in [2.24, 2.45) is 17.8 Å². The molecule has 4 heteroatoms. The summed E-state index contributed by atoms with van der Waals surface area (Å²) in [6, 6.07) is 22.7. The Morgan fingerprint density at radius 3 is 2.21 bits per heavy atom. The predicted molar refractivity (Wildman–Crippen MR) is 168 cm³/mol. The fraction of sp³-hybridized carbons (Fsp3) is 0.395. The molecule has 0 spiro atoms.